The molecule has 1 amide bonds. The number of hydrogen-bond donors (Lipinski definition) is 0. The second kappa shape index (κ2) is 7.34. The van der Waals surface area contributed by atoms with Gasteiger partial charge in [-0.3, -0.25) is 4.79 Å². The van der Waals surface area contributed by atoms with Crippen molar-refractivity contribution < 1.29 is 13.9 Å². The number of aromatic nitrogens is 4. The fourth-order valence-corrected chi connectivity index (χ4v) is 4.49. The molecule has 1 aromatic carbocycles. The average molecular weight is 415 g/mol. The first-order valence-corrected chi connectivity index (χ1v) is 9.94. The predicted octanol–water partition coefficient (Wildman–Crippen LogP) is 2.92. The maximum atomic E-state index is 15.2. The van der Waals surface area contributed by atoms with E-state index in [9.17, 15) is 4.79 Å². The minimum absolute atomic E-state index is 0.0165. The van der Waals surface area contributed by atoms with Gasteiger partial charge in [0.2, 0.25) is 0 Å². The summed E-state index contributed by atoms with van der Waals surface area (Å²) in [5.41, 5.74) is 2.96. The van der Waals surface area contributed by atoms with E-state index in [0.29, 0.717) is 23.6 Å². The SMILES string of the molecule is COc1ccc(C(=O)N2C[C@@H](c3cc(C)nc4ncnn34)CC(F)(P)C2)cc1C. The molecule has 3 heterocycles. The van der Waals surface area contributed by atoms with Crippen LogP contribution in [0.4, 0.5) is 4.39 Å². The zero-order chi connectivity index (χ0) is 20.8. The number of ether oxygens (including phenoxy) is 1. The third-order valence-corrected chi connectivity index (χ3v) is 5.65. The number of aryl methyl sites for hydroxylation is 2. The number of halogens is 1. The van der Waals surface area contributed by atoms with Crippen molar-refractivity contribution >= 4 is 20.9 Å². The van der Waals surface area contributed by atoms with Crippen molar-refractivity contribution in [1.82, 2.24) is 24.5 Å². The Morgan fingerprint density at radius 3 is 2.86 bits per heavy atom. The molecule has 0 N–H and O–H groups in total. The molecule has 2 unspecified atom stereocenters. The summed E-state index contributed by atoms with van der Waals surface area (Å²) in [5, 5.41) is 2.64. The molecule has 2 aromatic heterocycles. The van der Waals surface area contributed by atoms with Crippen molar-refractivity contribution in [2.45, 2.75) is 31.6 Å². The first kappa shape index (κ1) is 19.7. The van der Waals surface area contributed by atoms with E-state index < -0.39 is 5.41 Å². The van der Waals surface area contributed by atoms with Crippen LogP contribution in [-0.4, -0.2) is 56.0 Å². The first-order chi connectivity index (χ1) is 13.8. The molecule has 0 spiro atoms. The number of nitrogens with zero attached hydrogens (tertiary/aromatic N) is 5. The minimum atomic E-state index is -1.59. The normalized spacial score (nSPS) is 22.1. The first-order valence-electron chi connectivity index (χ1n) is 9.36. The Bertz CT molecular complexity index is 1080. The molecule has 29 heavy (non-hydrogen) atoms. The number of benzene rings is 1. The molecule has 3 aromatic rings. The fourth-order valence-electron chi connectivity index (χ4n) is 3.98. The third-order valence-electron chi connectivity index (χ3n) is 5.23. The summed E-state index contributed by atoms with van der Waals surface area (Å²) in [5.74, 6) is 0.748. The quantitative estimate of drug-likeness (QED) is 0.615. The molecule has 7 nitrogen and oxygen atoms in total. The Morgan fingerprint density at radius 2 is 2.14 bits per heavy atom. The highest BCUT2D eigenvalue weighted by atomic mass is 31.0. The Hall–Kier alpha value is -2.60. The van der Waals surface area contributed by atoms with Gasteiger partial charge in [-0.05, 0) is 50.1 Å². The number of piperidine rings is 1. The number of carbonyl (C=O) groups is 1. The van der Waals surface area contributed by atoms with Crippen molar-refractivity contribution in [2.24, 2.45) is 0 Å². The van der Waals surface area contributed by atoms with Gasteiger partial charge in [0.25, 0.3) is 11.7 Å². The van der Waals surface area contributed by atoms with Crippen LogP contribution in [0.3, 0.4) is 0 Å². The lowest BCUT2D eigenvalue weighted by atomic mass is 9.92. The molecule has 9 heteroatoms. The van der Waals surface area contributed by atoms with Gasteiger partial charge in [-0.1, -0.05) is 9.24 Å². The number of carbonyl (C=O) groups excluding carboxylic acids is 1. The van der Waals surface area contributed by atoms with Crippen LogP contribution in [0.2, 0.25) is 0 Å². The lowest BCUT2D eigenvalue weighted by molar-refractivity contribution is 0.0543. The Kier molecular flexibility index (Phi) is 4.99. The van der Waals surface area contributed by atoms with E-state index in [-0.39, 0.29) is 24.8 Å². The van der Waals surface area contributed by atoms with Gasteiger partial charge in [0.15, 0.2) is 0 Å². The van der Waals surface area contributed by atoms with Gasteiger partial charge < -0.3 is 9.64 Å². The van der Waals surface area contributed by atoms with E-state index in [2.05, 4.69) is 24.3 Å². The van der Waals surface area contributed by atoms with E-state index in [1.165, 1.54) is 6.33 Å². The van der Waals surface area contributed by atoms with E-state index in [0.717, 1.165) is 17.0 Å². The van der Waals surface area contributed by atoms with Gasteiger partial charge in [0.05, 0.1) is 19.3 Å². The minimum Gasteiger partial charge on any atom is -0.496 e. The molecule has 152 valence electrons. The second-order valence-corrected chi connectivity index (χ2v) is 8.63. The van der Waals surface area contributed by atoms with E-state index >= 15 is 4.39 Å². The molecular weight excluding hydrogens is 392 g/mol. The van der Waals surface area contributed by atoms with Crippen molar-refractivity contribution in [2.75, 3.05) is 20.2 Å². The van der Waals surface area contributed by atoms with Crippen molar-refractivity contribution in [1.29, 1.82) is 0 Å². The summed E-state index contributed by atoms with van der Waals surface area (Å²) in [4.78, 5) is 23.2. The Labute approximate surface area is 170 Å². The van der Waals surface area contributed by atoms with Gasteiger partial charge >= 0.3 is 0 Å². The smallest absolute Gasteiger partial charge is 0.254 e. The van der Waals surface area contributed by atoms with Gasteiger partial charge in [-0.25, -0.2) is 13.9 Å². The largest absolute Gasteiger partial charge is 0.496 e. The molecule has 0 aliphatic carbocycles. The number of amides is 1. The number of methoxy groups -OCH3 is 1. The number of likely N-dealkylation sites (tertiary alicyclic amines) is 1. The molecular formula is C20H23FN5O2P. The third kappa shape index (κ3) is 3.81. The van der Waals surface area contributed by atoms with Gasteiger partial charge in [-0.15, -0.1) is 0 Å². The summed E-state index contributed by atoms with van der Waals surface area (Å²) < 4.78 is 22.1. The zero-order valence-corrected chi connectivity index (χ0v) is 17.7. The van der Waals surface area contributed by atoms with Gasteiger partial charge in [0.1, 0.15) is 17.5 Å². The van der Waals surface area contributed by atoms with E-state index in [1.807, 2.05) is 19.9 Å². The van der Waals surface area contributed by atoms with E-state index in [1.54, 1.807) is 34.7 Å². The number of rotatable bonds is 3. The van der Waals surface area contributed by atoms with Crippen LogP contribution < -0.4 is 4.74 Å². The standard InChI is InChI=1S/C20H23FN5O2P/c1-12-6-14(4-5-17(12)28-3)18(27)25-9-15(8-20(21,29)10-25)16-7-13(2)24-19-22-11-23-26(16)19/h4-7,11,15H,8-10,29H2,1-3H3/t15-,20?/m0/s1. The molecule has 3 atom stereocenters. The van der Waals surface area contributed by atoms with Crippen molar-refractivity contribution in [3.8, 4) is 5.75 Å². The predicted molar refractivity (Wildman–Crippen MR) is 110 cm³/mol. The molecule has 0 radical (unpaired) electrons. The summed E-state index contributed by atoms with van der Waals surface area (Å²) in [7, 11) is 3.86. The summed E-state index contributed by atoms with van der Waals surface area (Å²) in [6.07, 6.45) is 1.70. The lowest BCUT2D eigenvalue weighted by Crippen LogP contribution is -2.48. The Morgan fingerprint density at radius 1 is 1.34 bits per heavy atom. The number of alkyl halides is 1. The highest BCUT2D eigenvalue weighted by Gasteiger charge is 2.40. The van der Waals surface area contributed by atoms with Crippen LogP contribution in [-0.2, 0) is 0 Å². The van der Waals surface area contributed by atoms with Crippen LogP contribution in [0, 0.1) is 13.8 Å². The van der Waals surface area contributed by atoms with Crippen LogP contribution in [0.15, 0.2) is 30.6 Å². The second-order valence-electron chi connectivity index (χ2n) is 7.60. The van der Waals surface area contributed by atoms with Crippen molar-refractivity contribution in [3.05, 3.63) is 53.1 Å². The summed E-state index contributed by atoms with van der Waals surface area (Å²) in [6, 6.07) is 7.14. The summed E-state index contributed by atoms with van der Waals surface area (Å²) >= 11 is 0. The van der Waals surface area contributed by atoms with Gasteiger partial charge in [-0.2, -0.15) is 10.1 Å². The number of fused-ring (bicyclic) bond motifs is 1. The summed E-state index contributed by atoms with van der Waals surface area (Å²) in [6.45, 7) is 4.16. The number of hydrogen-bond acceptors (Lipinski definition) is 5. The molecule has 0 saturated carbocycles. The van der Waals surface area contributed by atoms with Crippen LogP contribution in [0.1, 0.15) is 39.6 Å². The van der Waals surface area contributed by atoms with Crippen LogP contribution >= 0.6 is 9.24 Å². The van der Waals surface area contributed by atoms with Crippen LogP contribution in [0.25, 0.3) is 5.78 Å². The topological polar surface area (TPSA) is 72.6 Å². The lowest BCUT2D eigenvalue weighted by Gasteiger charge is -2.40. The molecule has 1 saturated heterocycles. The molecule has 1 fully saturated rings. The fraction of sp³-hybridized carbons (Fsp3) is 0.400. The maximum absolute atomic E-state index is 15.2. The monoisotopic (exact) mass is 415 g/mol. The highest BCUT2D eigenvalue weighted by Crippen LogP contribution is 2.39. The molecule has 0 bridgehead atoms. The molecule has 1 aliphatic rings. The maximum Gasteiger partial charge on any atom is 0.254 e. The van der Waals surface area contributed by atoms with E-state index in [4.69, 9.17) is 4.74 Å². The zero-order valence-electron chi connectivity index (χ0n) is 16.6. The average Bonchev–Trinajstić information content (AvgIpc) is 3.13. The highest BCUT2D eigenvalue weighted by molar-refractivity contribution is 7.18. The van der Waals surface area contributed by atoms with Crippen molar-refractivity contribution in [3.63, 3.8) is 0 Å². The molecule has 1 aliphatic heterocycles. The van der Waals surface area contributed by atoms with Gasteiger partial charge in [0, 0.05) is 23.7 Å². The molecule has 4 rings (SSSR count). The van der Waals surface area contributed by atoms with Crippen LogP contribution in [0.5, 0.6) is 5.75 Å². The Balaban J connectivity index is 1.68.